The van der Waals surface area contributed by atoms with Gasteiger partial charge in [-0.25, -0.2) is 0 Å². The maximum absolute atomic E-state index is 3.49. The van der Waals surface area contributed by atoms with Gasteiger partial charge >= 0.3 is 16.0 Å². The molecule has 0 N–H and O–H groups in total. The van der Waals surface area contributed by atoms with E-state index in [4.69, 9.17) is 0 Å². The molecule has 0 heterocycles. The predicted molar refractivity (Wildman–Crippen MR) is 42.3 cm³/mol. The highest BCUT2D eigenvalue weighted by Gasteiger charge is 1.62. The van der Waals surface area contributed by atoms with Gasteiger partial charge in [0, 0.05) is 0 Å². The fourth-order valence-corrected chi connectivity index (χ4v) is 0. The van der Waals surface area contributed by atoms with Crippen LogP contribution in [0.4, 0.5) is 0 Å². The summed E-state index contributed by atoms with van der Waals surface area (Å²) >= 11 is 6.44. The van der Waals surface area contributed by atoms with E-state index < -0.39 is 0 Å². The van der Waals surface area contributed by atoms with E-state index in [9.17, 15) is 0 Å². The summed E-state index contributed by atoms with van der Waals surface area (Å²) in [6, 6.07) is 0. The van der Waals surface area contributed by atoms with Gasteiger partial charge in [-0.2, -0.15) is 0 Å². The molecule has 1 radical (unpaired) electrons. The molecule has 0 nitrogen and oxygen atoms in total. The maximum atomic E-state index is 3.49. The lowest BCUT2D eigenvalue weighted by Gasteiger charge is -1.45. The molecule has 0 fully saturated rings. The molecule has 0 unspecified atom stereocenters. The van der Waals surface area contributed by atoms with Crippen molar-refractivity contribution < 1.29 is 0 Å². The van der Waals surface area contributed by atoms with E-state index in [1.54, 1.807) is 0 Å². The first kappa shape index (κ1) is 10.7. The summed E-state index contributed by atoms with van der Waals surface area (Å²) in [7, 11) is 2.01. The van der Waals surface area contributed by atoms with Crippen molar-refractivity contribution in [3.63, 3.8) is 0 Å². The van der Waals surface area contributed by atoms with E-state index in [1.807, 2.05) is 7.85 Å². The minimum atomic E-state index is 0.0417. The zero-order valence-corrected chi connectivity index (χ0v) is 8.46. The quantitative estimate of drug-likeness (QED) is 0.543. The van der Waals surface area contributed by atoms with Crippen LogP contribution >= 0.6 is 25.8 Å². The SMILES string of the molecule is BC[CH2].[Br][Mg][Br]. The number of hydrogen-bond acceptors (Lipinski definition) is 0. The van der Waals surface area contributed by atoms with Crippen molar-refractivity contribution in [1.82, 2.24) is 0 Å². The molecule has 0 amide bonds. The Balaban J connectivity index is 0. The normalized spacial score (nSPS) is 4.50. The Labute approximate surface area is 62.3 Å². The van der Waals surface area contributed by atoms with Gasteiger partial charge in [-0.05, 0) is 0 Å². The summed E-state index contributed by atoms with van der Waals surface area (Å²) in [6.07, 6.45) is 1.00. The minimum absolute atomic E-state index is 0.0417. The highest BCUT2D eigenvalue weighted by atomic mass is 79.9. The Hall–Kier alpha value is 1.79. The van der Waals surface area contributed by atoms with E-state index in [2.05, 4.69) is 32.7 Å². The highest BCUT2D eigenvalue weighted by Crippen LogP contribution is 1.77. The van der Waals surface area contributed by atoms with Gasteiger partial charge in [-0.3, -0.25) is 25.8 Å². The Kier molecular flexibility index (Phi) is 28.3. The van der Waals surface area contributed by atoms with Crippen LogP contribution in [0.3, 0.4) is 0 Å². The standard InChI is InChI=1S/C2H6B.2BrH.Mg/c1-2-3;;;/h1-3H2;2*1H;/q;;;+2/p-2. The van der Waals surface area contributed by atoms with E-state index in [1.165, 1.54) is 0 Å². The average molecular weight is 225 g/mol. The molecule has 0 aliphatic rings. The minimum Gasteiger partial charge on any atom is -0.280 e. The van der Waals surface area contributed by atoms with E-state index in [-0.39, 0.29) is 16.0 Å². The van der Waals surface area contributed by atoms with Crippen LogP contribution in [0.15, 0.2) is 0 Å². The lowest BCUT2D eigenvalue weighted by Crippen LogP contribution is -1.42. The first-order valence-electron chi connectivity index (χ1n) is 1.74. The molecule has 0 rings (SSSR count). The van der Waals surface area contributed by atoms with E-state index >= 15 is 0 Å². The van der Waals surface area contributed by atoms with Crippen molar-refractivity contribution in [2.75, 3.05) is 0 Å². The second-order valence-corrected chi connectivity index (χ2v) is 8.68. The molecule has 0 aromatic heterocycles. The lowest BCUT2D eigenvalue weighted by molar-refractivity contribution is 1.77. The fraction of sp³-hybridized carbons (Fsp3) is 0.500. The molecular formula is C2H6BBr2Mg. The molecule has 0 saturated carbocycles. The molecule has 0 saturated heterocycles. The van der Waals surface area contributed by atoms with Crippen molar-refractivity contribution in [3.05, 3.63) is 6.92 Å². The Bertz CT molecular complexity index is 13.5. The summed E-state index contributed by atoms with van der Waals surface area (Å²) in [5, 5.41) is 0. The van der Waals surface area contributed by atoms with Crippen LogP contribution in [0.5, 0.6) is 0 Å². The van der Waals surface area contributed by atoms with Crippen LogP contribution in [0.2, 0.25) is 6.32 Å². The van der Waals surface area contributed by atoms with Crippen LogP contribution in [0, 0.1) is 6.92 Å². The highest BCUT2D eigenvalue weighted by molar-refractivity contribution is 9.47. The molecule has 0 aromatic rings. The van der Waals surface area contributed by atoms with Gasteiger partial charge in [-0.1, -0.05) is 13.2 Å². The van der Waals surface area contributed by atoms with Gasteiger partial charge in [0.15, 0.2) is 0 Å². The van der Waals surface area contributed by atoms with Gasteiger partial charge in [0.2, 0.25) is 0 Å². The summed E-state index contributed by atoms with van der Waals surface area (Å²) in [4.78, 5) is 0. The van der Waals surface area contributed by atoms with Crippen molar-refractivity contribution in [3.8, 4) is 0 Å². The number of hydrogen-bond donors (Lipinski definition) is 0. The molecule has 0 bridgehead atoms. The molecule has 0 aliphatic heterocycles. The number of rotatable bonds is 0. The van der Waals surface area contributed by atoms with Crippen LogP contribution in [-0.4, -0.2) is 23.9 Å². The predicted octanol–water partition coefficient (Wildman–Crippen LogP) is 1.18. The Morgan fingerprint density at radius 2 is 1.67 bits per heavy atom. The third-order valence-electron chi connectivity index (χ3n) is 0. The van der Waals surface area contributed by atoms with Crippen molar-refractivity contribution in [2.45, 2.75) is 6.32 Å². The lowest BCUT2D eigenvalue weighted by atomic mass is 10.1. The maximum Gasteiger partial charge on any atom is 0.560 e. The smallest absolute Gasteiger partial charge is 0.280 e. The summed E-state index contributed by atoms with van der Waals surface area (Å²) in [5.74, 6) is 0. The summed E-state index contributed by atoms with van der Waals surface area (Å²) < 4.78 is 0. The molecule has 0 aliphatic carbocycles. The Morgan fingerprint density at radius 1 is 1.67 bits per heavy atom. The monoisotopic (exact) mass is 223 g/mol. The van der Waals surface area contributed by atoms with E-state index in [0.717, 1.165) is 6.32 Å². The fourth-order valence-electron chi connectivity index (χ4n) is 0. The number of halogens is 2. The molecule has 0 spiro atoms. The van der Waals surface area contributed by atoms with Crippen molar-refractivity contribution in [1.29, 1.82) is 0 Å². The molecular weight excluding hydrogens is 219 g/mol. The topological polar surface area (TPSA) is 0 Å². The van der Waals surface area contributed by atoms with Gasteiger partial charge < -0.3 is 0 Å². The molecule has 0 aromatic carbocycles. The second kappa shape index (κ2) is 15.8. The summed E-state index contributed by atoms with van der Waals surface area (Å²) in [6.45, 7) is 3.49. The molecule has 0 atom stereocenters. The van der Waals surface area contributed by atoms with Crippen LogP contribution in [-0.2, 0) is 0 Å². The average Bonchev–Trinajstić information content (AvgIpc) is 1.39. The van der Waals surface area contributed by atoms with Crippen LogP contribution < -0.4 is 0 Å². The summed E-state index contributed by atoms with van der Waals surface area (Å²) in [5.41, 5.74) is 0. The van der Waals surface area contributed by atoms with Crippen molar-refractivity contribution in [2.24, 2.45) is 0 Å². The zero-order valence-electron chi connectivity index (χ0n) is 3.88. The largest absolute Gasteiger partial charge is 0.560 e. The van der Waals surface area contributed by atoms with E-state index in [0.29, 0.717) is 0 Å². The second-order valence-electron chi connectivity index (χ2n) is 0.601. The van der Waals surface area contributed by atoms with Gasteiger partial charge in [0.05, 0.1) is 0 Å². The van der Waals surface area contributed by atoms with Gasteiger partial charge in [-0.15, -0.1) is 0 Å². The Morgan fingerprint density at radius 3 is 1.67 bits per heavy atom. The van der Waals surface area contributed by atoms with Gasteiger partial charge in [0.25, 0.3) is 0 Å². The third-order valence-corrected chi connectivity index (χ3v) is 0. The van der Waals surface area contributed by atoms with Crippen molar-refractivity contribution >= 4 is 49.6 Å². The first-order valence-corrected chi connectivity index (χ1v) is 9.54. The molecule has 6 heavy (non-hydrogen) atoms. The van der Waals surface area contributed by atoms with Crippen LogP contribution in [0.1, 0.15) is 0 Å². The molecule has 33 valence electrons. The first-order chi connectivity index (χ1) is 2.83. The molecule has 4 heteroatoms. The van der Waals surface area contributed by atoms with Gasteiger partial charge in [0.1, 0.15) is 7.85 Å². The van der Waals surface area contributed by atoms with Crippen LogP contribution in [0.25, 0.3) is 0 Å². The third kappa shape index (κ3) is 41.4. The zero-order chi connectivity index (χ0) is 5.41.